The minimum atomic E-state index is -0.641. The van der Waals surface area contributed by atoms with Crippen LogP contribution in [0.15, 0.2) is 0 Å². The Hall–Kier alpha value is -0.560. The van der Waals surface area contributed by atoms with Gasteiger partial charge in [-0.3, -0.25) is 14.5 Å². The van der Waals surface area contributed by atoms with Gasteiger partial charge in [-0.15, -0.1) is 24.8 Å². The predicted molar refractivity (Wildman–Crippen MR) is 117 cm³/mol. The van der Waals surface area contributed by atoms with Crippen molar-refractivity contribution in [3.05, 3.63) is 0 Å². The summed E-state index contributed by atoms with van der Waals surface area (Å²) in [4.78, 5) is 31.5. The van der Waals surface area contributed by atoms with Crippen molar-refractivity contribution >= 4 is 36.6 Å². The molecule has 8 heteroatoms. The first-order chi connectivity index (χ1) is 12.5. The Labute approximate surface area is 182 Å². The van der Waals surface area contributed by atoms with Crippen LogP contribution in [-0.4, -0.2) is 77.9 Å². The van der Waals surface area contributed by atoms with Crippen LogP contribution >= 0.6 is 24.8 Å². The number of likely N-dealkylation sites (N-methyl/N-ethyl adjacent to an activating group) is 1. The van der Waals surface area contributed by atoms with Crippen molar-refractivity contribution in [3.63, 3.8) is 0 Å². The van der Waals surface area contributed by atoms with Crippen molar-refractivity contribution in [2.45, 2.75) is 75.8 Å². The quantitative estimate of drug-likeness (QED) is 0.734. The van der Waals surface area contributed by atoms with Crippen molar-refractivity contribution in [1.29, 1.82) is 0 Å². The van der Waals surface area contributed by atoms with Gasteiger partial charge in [0.15, 0.2) is 0 Å². The Bertz CT molecular complexity index is 500. The van der Waals surface area contributed by atoms with E-state index in [0.717, 1.165) is 51.6 Å². The highest BCUT2D eigenvalue weighted by Crippen LogP contribution is 2.28. The molecular weight excluding hydrogens is 399 g/mol. The lowest BCUT2D eigenvalue weighted by atomic mass is 9.81. The van der Waals surface area contributed by atoms with E-state index in [1.165, 1.54) is 25.7 Å². The third-order valence-corrected chi connectivity index (χ3v) is 6.71. The summed E-state index contributed by atoms with van der Waals surface area (Å²) in [5.74, 6) is 0.349. The highest BCUT2D eigenvalue weighted by molar-refractivity contribution is 5.86. The molecule has 2 saturated carbocycles. The van der Waals surface area contributed by atoms with Gasteiger partial charge in [0.05, 0.1) is 12.1 Å². The van der Waals surface area contributed by atoms with Crippen LogP contribution in [-0.2, 0) is 9.59 Å². The summed E-state index contributed by atoms with van der Waals surface area (Å²) in [6.45, 7) is 3.40. The van der Waals surface area contributed by atoms with E-state index in [4.69, 9.17) is 5.73 Å². The van der Waals surface area contributed by atoms with Crippen molar-refractivity contribution in [2.75, 3.05) is 39.8 Å². The summed E-state index contributed by atoms with van der Waals surface area (Å²) in [5, 5.41) is 0. The van der Waals surface area contributed by atoms with E-state index in [0.29, 0.717) is 25.7 Å². The lowest BCUT2D eigenvalue weighted by Crippen LogP contribution is -2.60. The third-order valence-electron chi connectivity index (χ3n) is 6.71. The van der Waals surface area contributed by atoms with Gasteiger partial charge < -0.3 is 15.5 Å². The maximum absolute atomic E-state index is 12.8. The molecular formula is C20H38Cl2N4O2. The van der Waals surface area contributed by atoms with Crippen LogP contribution in [0.25, 0.3) is 0 Å². The van der Waals surface area contributed by atoms with E-state index < -0.39 is 5.54 Å². The number of rotatable bonds is 4. The lowest BCUT2D eigenvalue weighted by Gasteiger charge is -2.41. The fraction of sp³-hybridized carbons (Fsp3) is 0.900. The highest BCUT2D eigenvalue weighted by atomic mass is 35.5. The monoisotopic (exact) mass is 436 g/mol. The van der Waals surface area contributed by atoms with Gasteiger partial charge >= 0.3 is 0 Å². The standard InChI is InChI=1S/C20H36N4O2.2ClH/c1-22(17-8-4-2-5-9-17)18(25)16-23-12-14-24(15-13-23)19(26)20(21)10-6-3-7-11-20;;/h17H,2-16,21H2,1H3;2*1H. The average Bonchev–Trinajstić information content (AvgIpc) is 2.68. The molecule has 28 heavy (non-hydrogen) atoms. The van der Waals surface area contributed by atoms with E-state index in [-0.39, 0.29) is 36.6 Å². The van der Waals surface area contributed by atoms with Crippen LogP contribution in [0.3, 0.4) is 0 Å². The minimum Gasteiger partial charge on any atom is -0.342 e. The van der Waals surface area contributed by atoms with E-state index in [2.05, 4.69) is 4.90 Å². The van der Waals surface area contributed by atoms with E-state index in [1.807, 2.05) is 16.8 Å². The van der Waals surface area contributed by atoms with Gasteiger partial charge in [-0.05, 0) is 25.7 Å². The maximum atomic E-state index is 12.8. The molecule has 3 rings (SSSR count). The molecule has 1 heterocycles. The average molecular weight is 437 g/mol. The van der Waals surface area contributed by atoms with Crippen LogP contribution in [0.5, 0.6) is 0 Å². The Balaban J connectivity index is 0.00000196. The molecule has 0 spiro atoms. The van der Waals surface area contributed by atoms with Crippen LogP contribution in [0.4, 0.5) is 0 Å². The molecule has 164 valence electrons. The normalized spacial score (nSPS) is 23.3. The molecule has 1 saturated heterocycles. The molecule has 0 atom stereocenters. The molecule has 0 unspecified atom stereocenters. The smallest absolute Gasteiger partial charge is 0.242 e. The first-order valence-electron chi connectivity index (χ1n) is 10.6. The van der Waals surface area contributed by atoms with Gasteiger partial charge in [0.1, 0.15) is 0 Å². The number of piperazine rings is 1. The molecule has 0 aromatic rings. The van der Waals surface area contributed by atoms with Gasteiger partial charge in [0.2, 0.25) is 11.8 Å². The number of halogens is 2. The van der Waals surface area contributed by atoms with Gasteiger partial charge in [-0.2, -0.15) is 0 Å². The van der Waals surface area contributed by atoms with Crippen molar-refractivity contribution in [2.24, 2.45) is 5.73 Å². The molecule has 1 aliphatic heterocycles. The molecule has 0 aromatic heterocycles. The number of hydrogen-bond acceptors (Lipinski definition) is 4. The van der Waals surface area contributed by atoms with Gasteiger partial charge in [-0.1, -0.05) is 38.5 Å². The fourth-order valence-electron chi connectivity index (χ4n) is 4.80. The molecule has 0 radical (unpaired) electrons. The number of amides is 2. The molecule has 3 fully saturated rings. The maximum Gasteiger partial charge on any atom is 0.242 e. The number of nitrogens with two attached hydrogens (primary N) is 1. The first-order valence-corrected chi connectivity index (χ1v) is 10.6. The van der Waals surface area contributed by atoms with E-state index in [1.54, 1.807) is 0 Å². The van der Waals surface area contributed by atoms with Crippen LogP contribution in [0.2, 0.25) is 0 Å². The summed E-state index contributed by atoms with van der Waals surface area (Å²) in [5.41, 5.74) is 5.76. The second kappa shape index (κ2) is 11.6. The van der Waals surface area contributed by atoms with Gasteiger partial charge in [-0.25, -0.2) is 0 Å². The Morgan fingerprint density at radius 1 is 0.929 bits per heavy atom. The predicted octanol–water partition coefficient (Wildman–Crippen LogP) is 2.43. The zero-order chi connectivity index (χ0) is 18.6. The molecule has 2 N–H and O–H groups in total. The Morgan fingerprint density at radius 3 is 2.04 bits per heavy atom. The van der Waals surface area contributed by atoms with Crippen molar-refractivity contribution in [1.82, 2.24) is 14.7 Å². The largest absolute Gasteiger partial charge is 0.342 e. The summed E-state index contributed by atoms with van der Waals surface area (Å²) >= 11 is 0. The SMILES string of the molecule is CN(C(=O)CN1CCN(C(=O)C2(N)CCCCC2)CC1)C1CCCCC1.Cl.Cl. The molecule has 0 aromatic carbocycles. The highest BCUT2D eigenvalue weighted by Gasteiger charge is 2.39. The molecule has 6 nitrogen and oxygen atoms in total. The van der Waals surface area contributed by atoms with E-state index in [9.17, 15) is 9.59 Å². The fourth-order valence-corrected chi connectivity index (χ4v) is 4.80. The number of carbonyl (C=O) groups is 2. The van der Waals surface area contributed by atoms with Crippen molar-refractivity contribution < 1.29 is 9.59 Å². The Kier molecular flexibility index (Phi) is 10.5. The molecule has 0 bridgehead atoms. The lowest BCUT2D eigenvalue weighted by molar-refractivity contribution is -0.140. The molecule has 2 amide bonds. The van der Waals surface area contributed by atoms with Gasteiger partial charge in [0.25, 0.3) is 0 Å². The van der Waals surface area contributed by atoms with Crippen LogP contribution < -0.4 is 5.73 Å². The minimum absolute atomic E-state index is 0. The topological polar surface area (TPSA) is 69.9 Å². The number of nitrogens with zero attached hydrogens (tertiary/aromatic N) is 3. The molecule has 2 aliphatic carbocycles. The first kappa shape index (κ1) is 25.5. The summed E-state index contributed by atoms with van der Waals surface area (Å²) < 4.78 is 0. The second-order valence-electron chi connectivity index (χ2n) is 8.58. The van der Waals surface area contributed by atoms with Crippen molar-refractivity contribution in [3.8, 4) is 0 Å². The number of carbonyl (C=O) groups excluding carboxylic acids is 2. The summed E-state index contributed by atoms with van der Waals surface area (Å²) in [6.07, 6.45) is 11.0. The van der Waals surface area contributed by atoms with Crippen LogP contribution in [0.1, 0.15) is 64.2 Å². The Morgan fingerprint density at radius 2 is 1.46 bits per heavy atom. The van der Waals surface area contributed by atoms with Gasteiger partial charge in [0, 0.05) is 39.3 Å². The molecule has 3 aliphatic rings. The van der Waals surface area contributed by atoms with Crippen LogP contribution in [0, 0.1) is 0 Å². The zero-order valence-electron chi connectivity index (χ0n) is 17.2. The summed E-state index contributed by atoms with van der Waals surface area (Å²) in [6, 6.07) is 0.419. The van der Waals surface area contributed by atoms with E-state index >= 15 is 0 Å². The third kappa shape index (κ3) is 6.22. The summed E-state index contributed by atoms with van der Waals surface area (Å²) in [7, 11) is 1.96. The zero-order valence-corrected chi connectivity index (χ0v) is 18.9. The number of hydrogen-bond donors (Lipinski definition) is 1. The second-order valence-corrected chi connectivity index (χ2v) is 8.58.